The van der Waals surface area contributed by atoms with Crippen molar-refractivity contribution in [3.63, 3.8) is 0 Å². The van der Waals surface area contributed by atoms with E-state index in [4.69, 9.17) is 4.84 Å². The van der Waals surface area contributed by atoms with Gasteiger partial charge in [-0.2, -0.15) is 0 Å². The number of hydrogen-bond donors (Lipinski definition) is 3. The summed E-state index contributed by atoms with van der Waals surface area (Å²) < 4.78 is 82.8. The van der Waals surface area contributed by atoms with Crippen molar-refractivity contribution in [1.29, 1.82) is 0 Å². The average Bonchev–Trinajstić information content (AvgIpc) is 3.18. The minimum Gasteiger partial charge on any atom is -0.423 e. The van der Waals surface area contributed by atoms with Crippen molar-refractivity contribution in [2.24, 2.45) is 0 Å². The number of nitrogens with one attached hydrogen (secondary N) is 2. The molecule has 0 fully saturated rings. The summed E-state index contributed by atoms with van der Waals surface area (Å²) in [5.41, 5.74) is 3.59. The molecule has 7 rings (SSSR count). The summed E-state index contributed by atoms with van der Waals surface area (Å²) in [5, 5.41) is 17.0. The van der Waals surface area contributed by atoms with E-state index in [9.17, 15) is 41.1 Å². The number of aryl methyl sites for hydroxylation is 2. The predicted molar refractivity (Wildman–Crippen MR) is 202 cm³/mol. The maximum Gasteiger partial charge on any atom is 0.573 e. The molecule has 0 aliphatic rings. The second kappa shape index (κ2) is 17.4. The number of hydrogen-bond acceptors (Lipinski definition) is 12. The van der Waals surface area contributed by atoms with Gasteiger partial charge in [-0.3, -0.25) is 9.59 Å². The van der Waals surface area contributed by atoms with Crippen molar-refractivity contribution in [2.45, 2.75) is 46.3 Å². The van der Waals surface area contributed by atoms with E-state index in [1.807, 2.05) is 30.3 Å². The molecule has 306 valence electrons. The summed E-state index contributed by atoms with van der Waals surface area (Å²) in [6.45, 7) is 4.14. The van der Waals surface area contributed by atoms with Gasteiger partial charge in [0.2, 0.25) is 0 Å². The molecule has 0 spiro atoms. The molecule has 7 aromatic rings. The summed E-state index contributed by atoms with van der Waals surface area (Å²) in [6, 6.07) is 22.8. The second-order valence-corrected chi connectivity index (χ2v) is 12.6. The zero-order valence-electron chi connectivity index (χ0n) is 30.9. The Morgan fingerprint density at radius 2 is 1.07 bits per heavy atom. The van der Waals surface area contributed by atoms with Crippen LogP contribution in [0.25, 0.3) is 22.1 Å². The van der Waals surface area contributed by atoms with Crippen LogP contribution in [0.4, 0.5) is 37.7 Å². The number of halogens is 6. The molecule has 3 N–H and O–H groups in total. The molecule has 0 bridgehead atoms. The fraction of sp³-hybridized carbons (Fsp3) is 0.179. The molecule has 0 saturated carbocycles. The number of fused-ring (bicyclic) bond motifs is 2. The Morgan fingerprint density at radius 1 is 0.610 bits per heavy atom. The quantitative estimate of drug-likeness (QED) is 0.0897. The Bertz CT molecular complexity index is 2680. The Morgan fingerprint density at radius 3 is 1.56 bits per heavy atom. The van der Waals surface area contributed by atoms with Crippen LogP contribution in [0.15, 0.2) is 113 Å². The molecule has 14 nitrogen and oxygen atoms in total. The zero-order valence-corrected chi connectivity index (χ0v) is 30.9. The van der Waals surface area contributed by atoms with Crippen LogP contribution in [0.3, 0.4) is 0 Å². The van der Waals surface area contributed by atoms with Crippen molar-refractivity contribution in [1.82, 2.24) is 29.4 Å². The molecule has 59 heavy (non-hydrogen) atoms. The number of anilines is 2. The number of ether oxygens (including phenoxy) is 2. The summed E-state index contributed by atoms with van der Waals surface area (Å²) in [7, 11) is 0. The number of rotatable bonds is 11. The minimum atomic E-state index is -4.75. The number of nitrogens with zero attached hydrogens (tertiary/aromatic N) is 6. The fourth-order valence-electron chi connectivity index (χ4n) is 5.72. The van der Waals surface area contributed by atoms with Crippen LogP contribution in [-0.4, -0.2) is 47.3 Å². The highest BCUT2D eigenvalue weighted by Crippen LogP contribution is 2.27. The van der Waals surface area contributed by atoms with Crippen molar-refractivity contribution < 1.29 is 45.9 Å². The normalized spacial score (nSPS) is 11.5. The molecule has 0 unspecified atom stereocenters. The average molecular weight is 823 g/mol. The lowest BCUT2D eigenvalue weighted by atomic mass is 10.2. The van der Waals surface area contributed by atoms with Gasteiger partial charge in [-0.25, -0.2) is 19.9 Å². The summed E-state index contributed by atoms with van der Waals surface area (Å²) in [4.78, 5) is 46.8. The largest absolute Gasteiger partial charge is 0.573 e. The molecule has 3 aromatic carbocycles. The Hall–Kier alpha value is -7.38. The SMILES string of the molecule is Cc1ncnc2c1c(NCc1ccc(OC(F)(F)F)cc1)cc(=O)n2O.Cc1ncnc2c1c(NCc1ccc(OC(F)(F)F)cc1)cc(=O)n2OCc1ccccc1. The van der Waals surface area contributed by atoms with Gasteiger partial charge in [-0.1, -0.05) is 54.6 Å². The number of benzene rings is 3. The van der Waals surface area contributed by atoms with Crippen LogP contribution in [0.2, 0.25) is 0 Å². The van der Waals surface area contributed by atoms with E-state index < -0.39 is 23.8 Å². The second-order valence-electron chi connectivity index (χ2n) is 12.6. The highest BCUT2D eigenvalue weighted by Gasteiger charge is 2.31. The van der Waals surface area contributed by atoms with Crippen LogP contribution < -0.4 is 36.1 Å². The molecule has 0 amide bonds. The topological polar surface area (TPSA) is 168 Å². The van der Waals surface area contributed by atoms with Crippen molar-refractivity contribution in [3.8, 4) is 11.5 Å². The molecule has 4 heterocycles. The van der Waals surface area contributed by atoms with Gasteiger partial charge in [0, 0.05) is 25.2 Å². The Labute approximate surface area is 329 Å². The monoisotopic (exact) mass is 822 g/mol. The van der Waals surface area contributed by atoms with Crippen molar-refractivity contribution in [2.75, 3.05) is 10.6 Å². The maximum atomic E-state index is 12.8. The third-order valence-electron chi connectivity index (χ3n) is 8.39. The molecule has 0 atom stereocenters. The van der Waals surface area contributed by atoms with Gasteiger partial charge in [-0.15, -0.1) is 35.8 Å². The molecule has 0 radical (unpaired) electrons. The lowest BCUT2D eigenvalue weighted by molar-refractivity contribution is -0.275. The Kier molecular flexibility index (Phi) is 12.2. The van der Waals surface area contributed by atoms with Gasteiger partial charge < -0.3 is 30.2 Å². The standard InChI is InChI=1S/C23H19F3N4O3.C16H13F3N4O3/c1-15-21-19(27-12-16-7-9-18(10-8-16)33-23(24,25)26)11-20(31)30(22(21)29-14-28-15)32-13-17-5-3-2-4-6-17;1-9-14-12(6-13(24)23(25)15(14)22-8-21-9)20-7-10-2-4-11(5-3-10)26-16(17,18)19/h2-11,14,27H,12-13H2,1H3;2-6,8,20,25H,7H2,1H3. The summed E-state index contributed by atoms with van der Waals surface area (Å²) in [5.74, 6) is -0.627. The van der Waals surface area contributed by atoms with Crippen molar-refractivity contribution >= 4 is 33.4 Å². The lowest BCUT2D eigenvalue weighted by Gasteiger charge is -2.15. The van der Waals surface area contributed by atoms with Crippen LogP contribution in [0, 0.1) is 13.8 Å². The first-order valence-electron chi connectivity index (χ1n) is 17.3. The first-order chi connectivity index (χ1) is 28.0. The van der Waals surface area contributed by atoms with E-state index in [0.717, 1.165) is 10.3 Å². The van der Waals surface area contributed by atoms with Crippen molar-refractivity contribution in [3.05, 3.63) is 152 Å². The summed E-state index contributed by atoms with van der Waals surface area (Å²) >= 11 is 0. The van der Waals surface area contributed by atoms with Gasteiger partial charge in [0.25, 0.3) is 11.1 Å². The third kappa shape index (κ3) is 10.7. The molecule has 0 saturated heterocycles. The molecular weight excluding hydrogens is 790 g/mol. The van der Waals surface area contributed by atoms with Crippen LogP contribution >= 0.6 is 0 Å². The zero-order chi connectivity index (χ0) is 42.3. The smallest absolute Gasteiger partial charge is 0.423 e. The van der Waals surface area contributed by atoms with E-state index >= 15 is 0 Å². The van der Waals surface area contributed by atoms with Gasteiger partial charge >= 0.3 is 12.7 Å². The first-order valence-corrected chi connectivity index (χ1v) is 17.3. The molecule has 20 heteroatoms. The Balaban J connectivity index is 0.000000204. The highest BCUT2D eigenvalue weighted by atomic mass is 19.4. The highest BCUT2D eigenvalue weighted by molar-refractivity contribution is 5.91. The van der Waals surface area contributed by atoms with E-state index in [1.54, 1.807) is 13.8 Å². The molecule has 0 aliphatic heterocycles. The lowest BCUT2D eigenvalue weighted by Crippen LogP contribution is -2.28. The fourth-order valence-corrected chi connectivity index (χ4v) is 5.72. The number of alkyl halides is 6. The first kappa shape index (κ1) is 41.3. The van der Waals surface area contributed by atoms with Gasteiger partial charge in [0.1, 0.15) is 30.8 Å². The van der Waals surface area contributed by atoms with Crippen LogP contribution in [-0.2, 0) is 19.7 Å². The van der Waals surface area contributed by atoms with Crippen LogP contribution in [0.1, 0.15) is 28.1 Å². The van der Waals surface area contributed by atoms with Crippen LogP contribution in [0.5, 0.6) is 11.5 Å². The molecular formula is C39H32F6N8O6. The minimum absolute atomic E-state index is 0.0569. The molecule has 4 aromatic heterocycles. The predicted octanol–water partition coefficient (Wildman–Crippen LogP) is 7.09. The van der Waals surface area contributed by atoms with Gasteiger partial charge in [0.15, 0.2) is 11.3 Å². The van der Waals surface area contributed by atoms with Gasteiger partial charge in [0.05, 0.1) is 33.5 Å². The molecule has 0 aliphatic carbocycles. The maximum absolute atomic E-state index is 12.8. The number of aromatic nitrogens is 6. The third-order valence-corrected chi connectivity index (χ3v) is 8.39. The van der Waals surface area contributed by atoms with Gasteiger partial charge in [-0.05, 0) is 54.8 Å². The summed E-state index contributed by atoms with van der Waals surface area (Å²) in [6.07, 6.45) is -6.91. The van der Waals surface area contributed by atoms with E-state index in [2.05, 4.69) is 40.0 Å². The van der Waals surface area contributed by atoms with E-state index in [-0.39, 0.29) is 36.8 Å². The number of pyridine rings is 2. The van der Waals surface area contributed by atoms with E-state index in [1.165, 1.54) is 73.3 Å². The van der Waals surface area contributed by atoms with E-state index in [0.29, 0.717) is 55.0 Å².